The van der Waals surface area contributed by atoms with E-state index < -0.39 is 5.97 Å². The zero-order valence-electron chi connectivity index (χ0n) is 17.1. The Hall–Kier alpha value is -3.51. The summed E-state index contributed by atoms with van der Waals surface area (Å²) in [5.74, 6) is 0.189. The van der Waals surface area contributed by atoms with Gasteiger partial charge in [0.15, 0.2) is 11.5 Å². The summed E-state index contributed by atoms with van der Waals surface area (Å²) >= 11 is 6.08. The van der Waals surface area contributed by atoms with Gasteiger partial charge in [0.2, 0.25) is 0 Å². The van der Waals surface area contributed by atoms with Crippen LogP contribution in [-0.2, 0) is 0 Å². The maximum atomic E-state index is 11.6. The van der Waals surface area contributed by atoms with Gasteiger partial charge in [0.25, 0.3) is 0 Å². The molecule has 1 N–H and O–H groups in total. The van der Waals surface area contributed by atoms with E-state index >= 15 is 0 Å². The van der Waals surface area contributed by atoms with Crippen molar-refractivity contribution in [3.8, 4) is 11.5 Å². The van der Waals surface area contributed by atoms with Crippen molar-refractivity contribution in [3.63, 3.8) is 0 Å². The first kappa shape index (κ1) is 20.8. The minimum atomic E-state index is -1.08. The van der Waals surface area contributed by atoms with Crippen molar-refractivity contribution in [3.05, 3.63) is 88.4 Å². The number of methoxy groups -OCH3 is 2. The molecule has 0 spiro atoms. The molecule has 0 saturated heterocycles. The second-order valence-electron chi connectivity index (χ2n) is 7.06. The molecular weight excluding hydrogens is 416 g/mol. The maximum absolute atomic E-state index is 11.6. The molecule has 0 radical (unpaired) electrons. The Morgan fingerprint density at radius 1 is 1.03 bits per heavy atom. The van der Waals surface area contributed by atoms with Crippen molar-refractivity contribution in [2.45, 2.75) is 12.5 Å². The number of carboxylic acid groups (broad SMARTS) is 1. The molecule has 7 heteroatoms. The summed E-state index contributed by atoms with van der Waals surface area (Å²) in [6.45, 7) is 0. The number of hydrogen-bond donors (Lipinski definition) is 1. The smallest absolute Gasteiger partial charge is 0.337 e. The van der Waals surface area contributed by atoms with Crippen LogP contribution >= 0.6 is 11.6 Å². The molecule has 1 heterocycles. The first-order valence-corrected chi connectivity index (χ1v) is 10.1. The van der Waals surface area contributed by atoms with E-state index in [2.05, 4.69) is 0 Å². The number of hydrogen-bond acceptors (Lipinski definition) is 5. The van der Waals surface area contributed by atoms with Crippen molar-refractivity contribution < 1.29 is 19.4 Å². The van der Waals surface area contributed by atoms with Gasteiger partial charge in [-0.1, -0.05) is 41.9 Å². The normalized spacial score (nSPS) is 15.5. The average Bonchev–Trinajstić information content (AvgIpc) is 3.24. The molecule has 0 saturated carbocycles. The van der Waals surface area contributed by atoms with Gasteiger partial charge in [0, 0.05) is 12.0 Å². The van der Waals surface area contributed by atoms with Gasteiger partial charge in [-0.15, -0.1) is 0 Å². The van der Waals surface area contributed by atoms with E-state index in [1.807, 2.05) is 53.5 Å². The minimum absolute atomic E-state index is 0.0424. The molecule has 0 amide bonds. The first-order valence-electron chi connectivity index (χ1n) is 9.68. The number of benzene rings is 3. The van der Waals surface area contributed by atoms with E-state index in [4.69, 9.17) is 26.2 Å². The van der Waals surface area contributed by atoms with Crippen molar-refractivity contribution in [2.75, 3.05) is 19.2 Å². The fourth-order valence-corrected chi connectivity index (χ4v) is 3.89. The average molecular weight is 437 g/mol. The summed E-state index contributed by atoms with van der Waals surface area (Å²) in [5.41, 5.74) is 3.55. The van der Waals surface area contributed by atoms with Gasteiger partial charge >= 0.3 is 5.97 Å². The quantitative estimate of drug-likeness (QED) is 0.559. The molecule has 3 aromatic carbocycles. The van der Waals surface area contributed by atoms with Crippen LogP contribution in [0.2, 0.25) is 5.02 Å². The molecule has 1 aliphatic heterocycles. The van der Waals surface area contributed by atoms with Crippen LogP contribution in [0.3, 0.4) is 0 Å². The minimum Gasteiger partial charge on any atom is -0.493 e. The Morgan fingerprint density at radius 3 is 2.45 bits per heavy atom. The molecule has 3 aromatic rings. The lowest BCUT2D eigenvalue weighted by Crippen LogP contribution is -2.19. The van der Waals surface area contributed by atoms with E-state index in [9.17, 15) is 9.90 Å². The van der Waals surface area contributed by atoms with Gasteiger partial charge in [-0.25, -0.2) is 4.79 Å². The molecule has 158 valence electrons. The van der Waals surface area contributed by atoms with Crippen molar-refractivity contribution >= 4 is 29.0 Å². The summed E-state index contributed by atoms with van der Waals surface area (Å²) in [4.78, 5) is 11.6. The highest BCUT2D eigenvalue weighted by Crippen LogP contribution is 2.39. The summed E-state index contributed by atoms with van der Waals surface area (Å²) in [6, 6.07) is 20.5. The van der Waals surface area contributed by atoms with E-state index in [1.165, 1.54) is 0 Å². The third-order valence-corrected chi connectivity index (χ3v) is 5.59. The summed E-state index contributed by atoms with van der Waals surface area (Å²) in [5, 5.41) is 16.4. The Balaban J connectivity index is 1.79. The molecule has 0 fully saturated rings. The Bertz CT molecular complexity index is 1150. The van der Waals surface area contributed by atoms with E-state index in [1.54, 1.807) is 32.4 Å². The fourth-order valence-electron chi connectivity index (χ4n) is 3.69. The highest BCUT2D eigenvalue weighted by molar-refractivity contribution is 6.33. The summed E-state index contributed by atoms with van der Waals surface area (Å²) in [7, 11) is 3.19. The number of hydrazone groups is 1. The number of carboxylic acids is 1. The topological polar surface area (TPSA) is 71.4 Å². The third-order valence-electron chi connectivity index (χ3n) is 5.26. The highest BCUT2D eigenvalue weighted by Gasteiger charge is 2.31. The van der Waals surface area contributed by atoms with Gasteiger partial charge in [-0.3, -0.25) is 5.01 Å². The Morgan fingerprint density at radius 2 is 1.77 bits per heavy atom. The third kappa shape index (κ3) is 4.07. The molecule has 0 bridgehead atoms. The van der Waals surface area contributed by atoms with Gasteiger partial charge < -0.3 is 14.6 Å². The van der Waals surface area contributed by atoms with Gasteiger partial charge in [-0.05, 0) is 42.0 Å². The van der Waals surface area contributed by atoms with Crippen LogP contribution in [-0.4, -0.2) is 31.0 Å². The van der Waals surface area contributed by atoms with E-state index in [0.29, 0.717) is 23.6 Å². The SMILES string of the molecule is COc1ccc(C2=NN(c3ccc(Cl)c(C(=O)O)c3)C(c3ccccc3)C2)cc1OC. The number of halogens is 1. The lowest BCUT2D eigenvalue weighted by Gasteiger charge is -2.24. The van der Waals surface area contributed by atoms with E-state index in [-0.39, 0.29) is 16.6 Å². The second-order valence-corrected chi connectivity index (χ2v) is 7.47. The predicted molar refractivity (Wildman–Crippen MR) is 121 cm³/mol. The standard InChI is InChI=1S/C24H21ClN2O4/c1-30-22-11-8-16(12-23(22)31-2)20-14-21(15-6-4-3-5-7-15)27(26-20)17-9-10-19(25)18(13-17)24(28)29/h3-13,21H,14H2,1-2H3,(H,28,29). The number of nitrogens with zero attached hydrogens (tertiary/aromatic N) is 2. The van der Waals surface area contributed by atoms with Crippen LogP contribution in [0.25, 0.3) is 0 Å². The fraction of sp³-hybridized carbons (Fsp3) is 0.167. The molecule has 31 heavy (non-hydrogen) atoms. The van der Waals surface area contributed by atoms with Gasteiger partial charge in [0.1, 0.15) is 0 Å². The Labute approximate surface area is 185 Å². The molecular formula is C24H21ClN2O4. The molecule has 1 unspecified atom stereocenters. The summed E-state index contributed by atoms with van der Waals surface area (Å²) in [6.07, 6.45) is 0.643. The van der Waals surface area contributed by atoms with Crippen LogP contribution in [0.4, 0.5) is 5.69 Å². The maximum Gasteiger partial charge on any atom is 0.337 e. The number of aromatic carboxylic acids is 1. The lowest BCUT2D eigenvalue weighted by atomic mass is 9.98. The van der Waals surface area contributed by atoms with Crippen LogP contribution in [0.1, 0.15) is 33.9 Å². The second kappa shape index (κ2) is 8.70. The molecule has 4 rings (SSSR count). The van der Waals surface area contributed by atoms with E-state index in [0.717, 1.165) is 16.8 Å². The molecule has 1 atom stereocenters. The monoisotopic (exact) mass is 436 g/mol. The zero-order chi connectivity index (χ0) is 22.0. The predicted octanol–water partition coefficient (Wildman–Crippen LogP) is 5.41. The summed E-state index contributed by atoms with van der Waals surface area (Å²) < 4.78 is 10.8. The van der Waals surface area contributed by atoms with Crippen LogP contribution in [0.15, 0.2) is 71.8 Å². The molecule has 6 nitrogen and oxygen atoms in total. The number of ether oxygens (including phenoxy) is 2. The first-order chi connectivity index (χ1) is 15.0. The number of carbonyl (C=O) groups is 1. The molecule has 0 aliphatic carbocycles. The molecule has 0 aromatic heterocycles. The van der Waals surface area contributed by atoms with Crippen LogP contribution in [0, 0.1) is 0 Å². The Kier molecular flexibility index (Phi) is 5.82. The zero-order valence-corrected chi connectivity index (χ0v) is 17.8. The van der Waals surface area contributed by atoms with Crippen LogP contribution < -0.4 is 14.5 Å². The highest BCUT2D eigenvalue weighted by atomic mass is 35.5. The largest absolute Gasteiger partial charge is 0.493 e. The van der Waals surface area contributed by atoms with Crippen molar-refractivity contribution in [2.24, 2.45) is 5.10 Å². The molecule has 1 aliphatic rings. The number of anilines is 1. The van der Waals surface area contributed by atoms with Crippen molar-refractivity contribution in [1.82, 2.24) is 0 Å². The number of rotatable bonds is 6. The van der Waals surface area contributed by atoms with Gasteiger partial charge in [-0.2, -0.15) is 5.10 Å². The van der Waals surface area contributed by atoms with Crippen molar-refractivity contribution in [1.29, 1.82) is 0 Å². The lowest BCUT2D eigenvalue weighted by molar-refractivity contribution is 0.0697. The van der Waals surface area contributed by atoms with Crippen LogP contribution in [0.5, 0.6) is 11.5 Å². The van der Waals surface area contributed by atoms with Gasteiger partial charge in [0.05, 0.1) is 42.2 Å².